The zero-order chi connectivity index (χ0) is 9.52. The highest BCUT2D eigenvalue weighted by Gasteiger charge is 2.05. The maximum Gasteiger partial charge on any atom is 0.146 e. The molecule has 1 aliphatic rings. The first-order valence-corrected chi connectivity index (χ1v) is 4.89. The quantitative estimate of drug-likeness (QED) is 0.606. The minimum Gasteiger partial charge on any atom is -0.299 e. The van der Waals surface area contributed by atoms with Crippen LogP contribution in [0.5, 0.6) is 0 Å². The third kappa shape index (κ3) is 3.89. The molecule has 0 aliphatic heterocycles. The zero-order valence-electron chi connectivity index (χ0n) is 7.88. The lowest BCUT2D eigenvalue weighted by Gasteiger charge is -1.99. The Bertz CT molecular complexity index is 247. The number of carbonyl (C=O) groups is 1. The maximum absolute atomic E-state index is 11.0. The molecule has 0 unspecified atom stereocenters. The first-order chi connectivity index (χ1) is 6.33. The molecule has 0 heterocycles. The first-order valence-electron chi connectivity index (χ1n) is 4.89. The van der Waals surface area contributed by atoms with E-state index in [1.165, 1.54) is 24.8 Å². The van der Waals surface area contributed by atoms with Gasteiger partial charge in [0.2, 0.25) is 0 Å². The molecule has 70 valence electrons. The normalized spacial score (nSPS) is 15.2. The molecule has 2 nitrogen and oxygen atoms in total. The number of Topliss-reactive ketones (excluding diaryl/α,β-unsaturated/α-hetero) is 1. The summed E-state index contributed by atoms with van der Waals surface area (Å²) in [6, 6.07) is 1.88. The molecule has 0 fully saturated rings. The average Bonchev–Trinajstić information content (AvgIpc) is 2.57. The maximum atomic E-state index is 11.0. The molecule has 0 aromatic heterocycles. The molecule has 2 heteroatoms. The van der Waals surface area contributed by atoms with Crippen LogP contribution < -0.4 is 0 Å². The summed E-state index contributed by atoms with van der Waals surface area (Å²) in [6.07, 6.45) is 8.62. The fourth-order valence-electron chi connectivity index (χ4n) is 1.65. The van der Waals surface area contributed by atoms with E-state index in [1.54, 1.807) is 0 Å². The van der Waals surface area contributed by atoms with Crippen LogP contribution in [-0.2, 0) is 4.79 Å². The standard InChI is InChI=1S/C11H15NO/c12-9-8-11(13)7-3-6-10-4-1-2-5-10/h4H,1-3,5-8H2. The topological polar surface area (TPSA) is 40.9 Å². The zero-order valence-corrected chi connectivity index (χ0v) is 7.88. The fraction of sp³-hybridized carbons (Fsp3) is 0.636. The largest absolute Gasteiger partial charge is 0.299 e. The van der Waals surface area contributed by atoms with Crippen LogP contribution in [0, 0.1) is 11.3 Å². The van der Waals surface area contributed by atoms with Crippen molar-refractivity contribution in [3.63, 3.8) is 0 Å². The van der Waals surface area contributed by atoms with E-state index in [4.69, 9.17) is 5.26 Å². The molecule has 0 radical (unpaired) electrons. The van der Waals surface area contributed by atoms with Crippen molar-refractivity contribution in [1.29, 1.82) is 5.26 Å². The van der Waals surface area contributed by atoms with Gasteiger partial charge in [0, 0.05) is 6.42 Å². The third-order valence-electron chi connectivity index (χ3n) is 2.36. The van der Waals surface area contributed by atoms with E-state index in [1.807, 2.05) is 6.07 Å². The molecule has 0 saturated carbocycles. The number of nitriles is 1. The lowest BCUT2D eigenvalue weighted by molar-refractivity contribution is -0.118. The first kappa shape index (κ1) is 9.98. The second-order valence-electron chi connectivity index (χ2n) is 3.48. The molecule has 0 aromatic rings. The number of allylic oxidation sites excluding steroid dienone is 2. The molecule has 13 heavy (non-hydrogen) atoms. The van der Waals surface area contributed by atoms with Crippen molar-refractivity contribution < 1.29 is 4.79 Å². The van der Waals surface area contributed by atoms with Gasteiger partial charge in [0.1, 0.15) is 5.78 Å². The van der Waals surface area contributed by atoms with E-state index in [0.29, 0.717) is 6.42 Å². The minimum atomic E-state index is 0.0824. The van der Waals surface area contributed by atoms with Crippen molar-refractivity contribution in [3.05, 3.63) is 11.6 Å². The Labute approximate surface area is 79.2 Å². The summed E-state index contributed by atoms with van der Waals surface area (Å²) >= 11 is 0. The van der Waals surface area contributed by atoms with Crippen LogP contribution in [0.15, 0.2) is 11.6 Å². The van der Waals surface area contributed by atoms with Crippen LogP contribution in [0.25, 0.3) is 0 Å². The Hall–Kier alpha value is -1.10. The van der Waals surface area contributed by atoms with Crippen LogP contribution in [0.4, 0.5) is 0 Å². The highest BCUT2D eigenvalue weighted by atomic mass is 16.1. The smallest absolute Gasteiger partial charge is 0.146 e. The second kappa shape index (κ2) is 5.53. The Kier molecular flexibility index (Phi) is 4.25. The van der Waals surface area contributed by atoms with Gasteiger partial charge in [-0.1, -0.05) is 11.6 Å². The predicted molar refractivity (Wildman–Crippen MR) is 51.0 cm³/mol. The number of hydrogen-bond donors (Lipinski definition) is 0. The summed E-state index contributed by atoms with van der Waals surface area (Å²) in [5, 5.41) is 8.27. The summed E-state index contributed by atoms with van der Waals surface area (Å²) in [5.41, 5.74) is 1.50. The molecule has 0 atom stereocenters. The molecule has 1 rings (SSSR count). The van der Waals surface area contributed by atoms with E-state index < -0.39 is 0 Å². The van der Waals surface area contributed by atoms with Gasteiger partial charge in [-0.2, -0.15) is 5.26 Å². The van der Waals surface area contributed by atoms with Crippen molar-refractivity contribution in [2.75, 3.05) is 0 Å². The summed E-state index contributed by atoms with van der Waals surface area (Å²) in [4.78, 5) is 11.0. The Balaban J connectivity index is 2.07. The third-order valence-corrected chi connectivity index (χ3v) is 2.36. The van der Waals surface area contributed by atoms with Crippen molar-refractivity contribution in [2.45, 2.75) is 44.9 Å². The van der Waals surface area contributed by atoms with Gasteiger partial charge < -0.3 is 0 Å². The van der Waals surface area contributed by atoms with Crippen molar-refractivity contribution in [1.82, 2.24) is 0 Å². The van der Waals surface area contributed by atoms with Gasteiger partial charge in [-0.15, -0.1) is 0 Å². The molecular weight excluding hydrogens is 162 g/mol. The molecule has 1 aliphatic carbocycles. The van der Waals surface area contributed by atoms with Crippen LogP contribution in [0.1, 0.15) is 44.9 Å². The van der Waals surface area contributed by atoms with Gasteiger partial charge in [0.15, 0.2) is 0 Å². The monoisotopic (exact) mass is 177 g/mol. The van der Waals surface area contributed by atoms with Gasteiger partial charge in [-0.05, 0) is 32.1 Å². The van der Waals surface area contributed by atoms with E-state index in [2.05, 4.69) is 6.08 Å². The van der Waals surface area contributed by atoms with Crippen LogP contribution in [0.3, 0.4) is 0 Å². The number of rotatable bonds is 5. The molecule has 0 aromatic carbocycles. The van der Waals surface area contributed by atoms with E-state index in [0.717, 1.165) is 12.8 Å². The lowest BCUT2D eigenvalue weighted by Crippen LogP contribution is -1.95. The molecule has 0 N–H and O–H groups in total. The molecule has 0 saturated heterocycles. The van der Waals surface area contributed by atoms with Gasteiger partial charge >= 0.3 is 0 Å². The summed E-state index contributed by atoms with van der Waals surface area (Å²) in [5.74, 6) is 0.0843. The second-order valence-corrected chi connectivity index (χ2v) is 3.48. The van der Waals surface area contributed by atoms with E-state index >= 15 is 0 Å². The van der Waals surface area contributed by atoms with Crippen LogP contribution in [0.2, 0.25) is 0 Å². The summed E-state index contributed by atoms with van der Waals surface area (Å²) in [7, 11) is 0. The summed E-state index contributed by atoms with van der Waals surface area (Å²) < 4.78 is 0. The fourth-order valence-corrected chi connectivity index (χ4v) is 1.65. The van der Waals surface area contributed by atoms with Crippen LogP contribution >= 0.6 is 0 Å². The summed E-state index contributed by atoms with van der Waals surface area (Å²) in [6.45, 7) is 0. The van der Waals surface area contributed by atoms with Gasteiger partial charge in [0.25, 0.3) is 0 Å². The molecular formula is C11H15NO. The van der Waals surface area contributed by atoms with Crippen molar-refractivity contribution in [3.8, 4) is 6.07 Å². The molecule has 0 bridgehead atoms. The number of hydrogen-bond acceptors (Lipinski definition) is 2. The van der Waals surface area contributed by atoms with Crippen molar-refractivity contribution >= 4 is 5.78 Å². The average molecular weight is 177 g/mol. The SMILES string of the molecule is N#CCC(=O)CCCC1=CCCC1. The lowest BCUT2D eigenvalue weighted by atomic mass is 10.1. The number of carbonyl (C=O) groups excluding carboxylic acids is 1. The van der Waals surface area contributed by atoms with Gasteiger partial charge in [-0.3, -0.25) is 4.79 Å². The van der Waals surface area contributed by atoms with Gasteiger partial charge in [-0.25, -0.2) is 0 Å². The molecule has 0 spiro atoms. The molecule has 0 amide bonds. The highest BCUT2D eigenvalue weighted by molar-refractivity contribution is 5.80. The number of nitrogens with zero attached hydrogens (tertiary/aromatic N) is 1. The minimum absolute atomic E-state index is 0.0824. The highest BCUT2D eigenvalue weighted by Crippen LogP contribution is 2.22. The number of ketones is 1. The van der Waals surface area contributed by atoms with Crippen LogP contribution in [-0.4, -0.2) is 5.78 Å². The van der Waals surface area contributed by atoms with Gasteiger partial charge in [0.05, 0.1) is 12.5 Å². The Morgan fingerprint density at radius 3 is 3.08 bits per heavy atom. The Morgan fingerprint density at radius 2 is 2.46 bits per heavy atom. The predicted octanol–water partition coefficient (Wildman–Crippen LogP) is 2.75. The Morgan fingerprint density at radius 1 is 1.62 bits per heavy atom. The van der Waals surface area contributed by atoms with E-state index in [-0.39, 0.29) is 12.2 Å². The van der Waals surface area contributed by atoms with Crippen molar-refractivity contribution in [2.24, 2.45) is 0 Å². The van der Waals surface area contributed by atoms with E-state index in [9.17, 15) is 4.79 Å².